The first kappa shape index (κ1) is 9.15. The van der Waals surface area contributed by atoms with Crippen LogP contribution in [0.3, 0.4) is 0 Å². The number of hydrogen-bond donors (Lipinski definition) is 1. The summed E-state index contributed by atoms with van der Waals surface area (Å²) >= 11 is 0. The van der Waals surface area contributed by atoms with Gasteiger partial charge in [-0.25, -0.2) is 9.37 Å². The second-order valence-electron chi connectivity index (χ2n) is 3.18. The Hall–Kier alpha value is -1.42. The van der Waals surface area contributed by atoms with Crippen molar-refractivity contribution in [3.8, 4) is 0 Å². The van der Waals surface area contributed by atoms with E-state index in [1.807, 2.05) is 6.92 Å². The molecule has 74 valence electrons. The number of oxazole rings is 1. The summed E-state index contributed by atoms with van der Waals surface area (Å²) in [6.07, 6.45) is 0.745. The Morgan fingerprint density at radius 1 is 1.57 bits per heavy atom. The normalized spacial score (nSPS) is 13.4. The third-order valence-corrected chi connectivity index (χ3v) is 2.12. The van der Waals surface area contributed by atoms with Gasteiger partial charge in [0.05, 0.1) is 6.04 Å². The predicted molar refractivity (Wildman–Crippen MR) is 51.2 cm³/mol. The molecule has 3 nitrogen and oxygen atoms in total. The van der Waals surface area contributed by atoms with Gasteiger partial charge in [-0.2, -0.15) is 0 Å². The van der Waals surface area contributed by atoms with E-state index in [-0.39, 0.29) is 11.9 Å². The average Bonchev–Trinajstić information content (AvgIpc) is 2.59. The molecule has 2 N–H and O–H groups in total. The van der Waals surface area contributed by atoms with Crippen LogP contribution >= 0.6 is 0 Å². The molecule has 0 aliphatic rings. The van der Waals surface area contributed by atoms with Gasteiger partial charge in [-0.1, -0.05) is 6.92 Å². The van der Waals surface area contributed by atoms with Crippen LogP contribution in [0.1, 0.15) is 25.3 Å². The number of aromatic nitrogens is 1. The van der Waals surface area contributed by atoms with Crippen LogP contribution in [0.4, 0.5) is 4.39 Å². The highest BCUT2D eigenvalue weighted by Gasteiger charge is 2.11. The second-order valence-corrected chi connectivity index (χ2v) is 3.18. The maximum absolute atomic E-state index is 12.8. The fourth-order valence-corrected chi connectivity index (χ4v) is 1.25. The maximum Gasteiger partial charge on any atom is 0.212 e. The van der Waals surface area contributed by atoms with E-state index < -0.39 is 0 Å². The maximum atomic E-state index is 12.8. The molecule has 4 heteroatoms. The minimum atomic E-state index is -0.317. The number of hydrogen-bond acceptors (Lipinski definition) is 3. The predicted octanol–water partition coefficient (Wildman–Crippen LogP) is 2.38. The Balaban J connectivity index is 2.51. The molecule has 2 rings (SSSR count). The lowest BCUT2D eigenvalue weighted by molar-refractivity contribution is 0.469. The van der Waals surface area contributed by atoms with Crippen LogP contribution in [0.15, 0.2) is 22.6 Å². The van der Waals surface area contributed by atoms with Crippen molar-refractivity contribution in [1.29, 1.82) is 0 Å². The molecule has 0 fully saturated rings. The van der Waals surface area contributed by atoms with Gasteiger partial charge in [0.2, 0.25) is 5.89 Å². The minimum absolute atomic E-state index is 0.217. The molecule has 0 bridgehead atoms. The standard InChI is InChI=1S/C10H11FN2O/c1-2-7(12)10-13-8-5-6(11)3-4-9(8)14-10/h3-5,7H,2,12H2,1H3. The van der Waals surface area contributed by atoms with Gasteiger partial charge in [0, 0.05) is 6.07 Å². The van der Waals surface area contributed by atoms with E-state index in [2.05, 4.69) is 4.98 Å². The van der Waals surface area contributed by atoms with E-state index >= 15 is 0 Å². The fraction of sp³-hybridized carbons (Fsp3) is 0.300. The molecule has 1 atom stereocenters. The molecule has 1 aromatic heterocycles. The van der Waals surface area contributed by atoms with Gasteiger partial charge < -0.3 is 10.2 Å². The molecule has 0 saturated heterocycles. The van der Waals surface area contributed by atoms with E-state index in [1.54, 1.807) is 6.07 Å². The van der Waals surface area contributed by atoms with E-state index in [0.29, 0.717) is 17.0 Å². The molecule has 0 saturated carbocycles. The Bertz CT molecular complexity index is 452. The summed E-state index contributed by atoms with van der Waals surface area (Å²) < 4.78 is 18.2. The third-order valence-electron chi connectivity index (χ3n) is 2.12. The Labute approximate surface area is 80.7 Å². The number of nitrogens with two attached hydrogens (primary N) is 1. The zero-order valence-corrected chi connectivity index (χ0v) is 7.83. The monoisotopic (exact) mass is 194 g/mol. The molecule has 1 aromatic carbocycles. The van der Waals surface area contributed by atoms with Gasteiger partial charge in [0.25, 0.3) is 0 Å². The molecule has 0 spiro atoms. The molecule has 14 heavy (non-hydrogen) atoms. The summed E-state index contributed by atoms with van der Waals surface area (Å²) in [6.45, 7) is 1.94. The lowest BCUT2D eigenvalue weighted by Crippen LogP contribution is -2.08. The molecule has 0 aliphatic heterocycles. The van der Waals surface area contributed by atoms with Gasteiger partial charge in [-0.15, -0.1) is 0 Å². The molecular formula is C10H11FN2O. The van der Waals surface area contributed by atoms with E-state index in [0.717, 1.165) is 6.42 Å². The van der Waals surface area contributed by atoms with Crippen molar-refractivity contribution in [2.45, 2.75) is 19.4 Å². The van der Waals surface area contributed by atoms with Crippen molar-refractivity contribution < 1.29 is 8.81 Å². The van der Waals surface area contributed by atoms with Gasteiger partial charge in [-0.3, -0.25) is 0 Å². The van der Waals surface area contributed by atoms with Crippen LogP contribution in [0.25, 0.3) is 11.1 Å². The van der Waals surface area contributed by atoms with Gasteiger partial charge in [-0.05, 0) is 18.6 Å². The minimum Gasteiger partial charge on any atom is -0.439 e. The fourth-order valence-electron chi connectivity index (χ4n) is 1.25. The van der Waals surface area contributed by atoms with Gasteiger partial charge in [0.1, 0.15) is 11.3 Å². The molecule has 0 aliphatic carbocycles. The first-order valence-electron chi connectivity index (χ1n) is 4.52. The van der Waals surface area contributed by atoms with Crippen LogP contribution in [-0.4, -0.2) is 4.98 Å². The molecule has 0 radical (unpaired) electrons. The number of halogens is 1. The van der Waals surface area contributed by atoms with E-state index in [9.17, 15) is 4.39 Å². The van der Waals surface area contributed by atoms with Crippen LogP contribution in [0.5, 0.6) is 0 Å². The van der Waals surface area contributed by atoms with Crippen LogP contribution in [0.2, 0.25) is 0 Å². The molecule has 1 heterocycles. The SMILES string of the molecule is CCC(N)c1nc2cc(F)ccc2o1. The Kier molecular flexibility index (Phi) is 2.21. The van der Waals surface area contributed by atoms with Crippen LogP contribution < -0.4 is 5.73 Å². The number of benzene rings is 1. The van der Waals surface area contributed by atoms with Crippen molar-refractivity contribution in [3.05, 3.63) is 29.9 Å². The summed E-state index contributed by atoms with van der Waals surface area (Å²) in [7, 11) is 0. The average molecular weight is 194 g/mol. The first-order chi connectivity index (χ1) is 6.70. The van der Waals surface area contributed by atoms with Crippen molar-refractivity contribution in [2.24, 2.45) is 5.73 Å². The molecule has 1 unspecified atom stereocenters. The molecule has 2 aromatic rings. The van der Waals surface area contributed by atoms with Crippen molar-refractivity contribution in [1.82, 2.24) is 4.98 Å². The van der Waals surface area contributed by atoms with E-state index in [1.165, 1.54) is 12.1 Å². The highest BCUT2D eigenvalue weighted by molar-refractivity contribution is 5.72. The smallest absolute Gasteiger partial charge is 0.212 e. The van der Waals surface area contributed by atoms with E-state index in [4.69, 9.17) is 10.2 Å². The molecule has 0 amide bonds. The lowest BCUT2D eigenvalue weighted by atomic mass is 10.2. The summed E-state index contributed by atoms with van der Waals surface area (Å²) in [5, 5.41) is 0. The number of nitrogens with zero attached hydrogens (tertiary/aromatic N) is 1. The third kappa shape index (κ3) is 1.48. The van der Waals surface area contributed by atoms with Crippen LogP contribution in [-0.2, 0) is 0 Å². The number of rotatable bonds is 2. The molecular weight excluding hydrogens is 183 g/mol. The first-order valence-corrected chi connectivity index (χ1v) is 4.52. The van der Waals surface area contributed by atoms with Crippen LogP contribution in [0, 0.1) is 5.82 Å². The lowest BCUT2D eigenvalue weighted by Gasteiger charge is -2.00. The Morgan fingerprint density at radius 2 is 2.36 bits per heavy atom. The van der Waals surface area contributed by atoms with Gasteiger partial charge >= 0.3 is 0 Å². The van der Waals surface area contributed by atoms with Crippen molar-refractivity contribution in [2.75, 3.05) is 0 Å². The summed E-state index contributed by atoms with van der Waals surface area (Å²) in [4.78, 5) is 4.11. The highest BCUT2D eigenvalue weighted by atomic mass is 19.1. The van der Waals surface area contributed by atoms with Crippen molar-refractivity contribution >= 4 is 11.1 Å². The van der Waals surface area contributed by atoms with Gasteiger partial charge in [0.15, 0.2) is 5.58 Å². The Morgan fingerprint density at radius 3 is 3.07 bits per heavy atom. The summed E-state index contributed by atoms with van der Waals surface area (Å²) in [5.74, 6) is 0.149. The second kappa shape index (κ2) is 3.38. The number of fused-ring (bicyclic) bond motifs is 1. The zero-order chi connectivity index (χ0) is 10.1. The topological polar surface area (TPSA) is 52.0 Å². The summed E-state index contributed by atoms with van der Waals surface area (Å²) in [5.41, 5.74) is 6.84. The zero-order valence-electron chi connectivity index (χ0n) is 7.83. The highest BCUT2D eigenvalue weighted by Crippen LogP contribution is 2.20. The van der Waals surface area contributed by atoms with Crippen molar-refractivity contribution in [3.63, 3.8) is 0 Å². The quantitative estimate of drug-likeness (QED) is 0.798. The summed E-state index contributed by atoms with van der Waals surface area (Å²) in [6, 6.07) is 4.02. The largest absolute Gasteiger partial charge is 0.439 e.